The summed E-state index contributed by atoms with van der Waals surface area (Å²) < 4.78 is 58.5. The number of hydrogen-bond donors (Lipinski definition) is 1. The van der Waals surface area contributed by atoms with Crippen molar-refractivity contribution in [2.45, 2.75) is 31.7 Å². The van der Waals surface area contributed by atoms with Crippen molar-refractivity contribution in [1.29, 1.82) is 0 Å². The molecule has 13 heteroatoms. The highest BCUT2D eigenvalue weighted by Crippen LogP contribution is 2.42. The number of anilines is 2. The molecule has 41 heavy (non-hydrogen) atoms. The Kier molecular flexibility index (Phi) is 8.47. The minimum Gasteiger partial charge on any atom is -0.493 e. The molecule has 3 aromatic rings. The molecule has 220 valence electrons. The monoisotopic (exact) mass is 585 g/mol. The number of benzene rings is 1. The van der Waals surface area contributed by atoms with Crippen LogP contribution in [-0.4, -0.2) is 76.6 Å². The molecule has 0 bridgehead atoms. The largest absolute Gasteiger partial charge is 0.493 e. The second kappa shape index (κ2) is 12.0. The second-order valence-electron chi connectivity index (χ2n) is 10.6. The van der Waals surface area contributed by atoms with Crippen molar-refractivity contribution in [3.63, 3.8) is 0 Å². The third-order valence-corrected chi connectivity index (χ3v) is 8.04. The maximum atomic E-state index is 13.6. The number of hydrogen-bond acceptors (Lipinski definition) is 11. The number of para-hydroxylation sites is 2. The van der Waals surface area contributed by atoms with E-state index in [2.05, 4.69) is 19.7 Å². The van der Waals surface area contributed by atoms with Gasteiger partial charge in [-0.15, -0.1) is 0 Å². The molecule has 2 saturated heterocycles. The molecule has 4 heterocycles. The Bertz CT molecular complexity index is 1460. The molecular formula is C28H35N5O7S. The zero-order valence-electron chi connectivity index (χ0n) is 23.6. The summed E-state index contributed by atoms with van der Waals surface area (Å²) in [6.07, 6.45) is 1.56. The van der Waals surface area contributed by atoms with E-state index in [4.69, 9.17) is 23.7 Å². The number of pyridine rings is 1. The lowest BCUT2D eigenvalue weighted by Crippen LogP contribution is -2.44. The van der Waals surface area contributed by atoms with Crippen LogP contribution in [0.3, 0.4) is 0 Å². The van der Waals surface area contributed by atoms with Gasteiger partial charge in [0.25, 0.3) is 15.9 Å². The highest BCUT2D eigenvalue weighted by Gasteiger charge is 2.36. The van der Waals surface area contributed by atoms with Crippen LogP contribution >= 0.6 is 0 Å². The van der Waals surface area contributed by atoms with Gasteiger partial charge in [0.05, 0.1) is 40.1 Å². The quantitative estimate of drug-likeness (QED) is 0.352. The van der Waals surface area contributed by atoms with Crippen molar-refractivity contribution in [2.24, 2.45) is 5.41 Å². The molecule has 0 aliphatic carbocycles. The number of ether oxygens (including phenoxy) is 5. The fourth-order valence-electron chi connectivity index (χ4n) is 4.24. The Morgan fingerprint density at radius 2 is 1.78 bits per heavy atom. The summed E-state index contributed by atoms with van der Waals surface area (Å²) in [6.45, 7) is 9.45. The summed E-state index contributed by atoms with van der Waals surface area (Å²) in [5.41, 5.74) is 0.706. The van der Waals surface area contributed by atoms with E-state index in [0.717, 1.165) is 5.56 Å². The van der Waals surface area contributed by atoms with Crippen molar-refractivity contribution in [1.82, 2.24) is 15.0 Å². The van der Waals surface area contributed by atoms with Crippen LogP contribution in [0.2, 0.25) is 0 Å². The van der Waals surface area contributed by atoms with Crippen molar-refractivity contribution in [3.05, 3.63) is 48.2 Å². The van der Waals surface area contributed by atoms with Crippen LogP contribution in [0.15, 0.2) is 47.6 Å². The van der Waals surface area contributed by atoms with E-state index in [0.29, 0.717) is 51.0 Å². The Balaban J connectivity index is 1.59. The first-order valence-corrected chi connectivity index (χ1v) is 14.9. The van der Waals surface area contributed by atoms with Gasteiger partial charge >= 0.3 is 0 Å². The fourth-order valence-corrected chi connectivity index (χ4v) is 5.18. The average Bonchev–Trinajstić information content (AvgIpc) is 2.96. The number of methoxy groups -OCH3 is 1. The first-order valence-electron chi connectivity index (χ1n) is 13.4. The van der Waals surface area contributed by atoms with Gasteiger partial charge in [-0.25, -0.2) is 4.98 Å². The molecule has 2 aromatic heterocycles. The summed E-state index contributed by atoms with van der Waals surface area (Å²) in [7, 11) is -2.65. The maximum absolute atomic E-state index is 13.6. The third-order valence-electron chi connectivity index (χ3n) is 6.79. The van der Waals surface area contributed by atoms with Crippen LogP contribution in [0.5, 0.6) is 23.1 Å². The first-order chi connectivity index (χ1) is 19.7. The molecule has 0 radical (unpaired) electrons. The Morgan fingerprint density at radius 3 is 2.39 bits per heavy atom. The van der Waals surface area contributed by atoms with Crippen molar-refractivity contribution in [3.8, 4) is 23.1 Å². The topological polar surface area (TPSA) is 134 Å². The maximum Gasteiger partial charge on any atom is 0.280 e. The summed E-state index contributed by atoms with van der Waals surface area (Å²) >= 11 is 0. The summed E-state index contributed by atoms with van der Waals surface area (Å²) in [5.74, 6) is 1.25. The predicted octanol–water partition coefficient (Wildman–Crippen LogP) is 3.85. The summed E-state index contributed by atoms with van der Waals surface area (Å²) in [4.78, 5) is 15.4. The van der Waals surface area contributed by atoms with Crippen LogP contribution in [0.1, 0.15) is 32.3 Å². The summed E-state index contributed by atoms with van der Waals surface area (Å²) in [6, 6.07) is 10.2. The van der Waals surface area contributed by atoms with Crippen LogP contribution in [-0.2, 0) is 19.5 Å². The van der Waals surface area contributed by atoms with Gasteiger partial charge in [-0.05, 0) is 29.7 Å². The number of nitrogens with one attached hydrogen (secondary N) is 1. The zero-order valence-corrected chi connectivity index (χ0v) is 24.4. The van der Waals surface area contributed by atoms with Gasteiger partial charge in [-0.2, -0.15) is 18.4 Å². The molecule has 0 atom stereocenters. The number of nitrogens with zero attached hydrogens (tertiary/aromatic N) is 4. The molecule has 0 saturated carbocycles. The molecule has 1 N–H and O–H groups in total. The van der Waals surface area contributed by atoms with Crippen molar-refractivity contribution in [2.75, 3.05) is 62.9 Å². The number of sulfonamides is 1. The highest BCUT2D eigenvalue weighted by molar-refractivity contribution is 7.92. The minimum atomic E-state index is -4.17. The Labute approximate surface area is 240 Å². The Hall–Kier alpha value is -3.68. The first kappa shape index (κ1) is 28.8. The normalized spacial score (nSPS) is 16.7. The lowest BCUT2D eigenvalue weighted by molar-refractivity contribution is -0.121. The fraction of sp³-hybridized carbons (Fsp3) is 0.464. The lowest BCUT2D eigenvalue weighted by atomic mass is 9.90. The molecule has 12 nitrogen and oxygen atoms in total. The third kappa shape index (κ3) is 6.63. The molecule has 2 fully saturated rings. The second-order valence-corrected chi connectivity index (χ2v) is 12.3. The predicted molar refractivity (Wildman–Crippen MR) is 152 cm³/mol. The van der Waals surface area contributed by atoms with Crippen LogP contribution < -0.4 is 23.8 Å². The Morgan fingerprint density at radius 1 is 1.05 bits per heavy atom. The molecule has 2 aliphatic heterocycles. The van der Waals surface area contributed by atoms with Gasteiger partial charge in [-0.1, -0.05) is 39.0 Å². The molecule has 0 unspecified atom stereocenters. The van der Waals surface area contributed by atoms with Gasteiger partial charge in [0.15, 0.2) is 22.3 Å². The summed E-state index contributed by atoms with van der Waals surface area (Å²) in [5, 5.41) is -0.154. The van der Waals surface area contributed by atoms with Crippen LogP contribution in [0.25, 0.3) is 0 Å². The standard InChI is InChI=1S/C28H35N5O7S/c1-19(2)20-9-10-23(29-15-20)41(34,35)32-25-24(40-22-8-6-5-7-21(22)36-4)26(39-18-28(3)16-38-17-28)31-27(30-25)33-11-13-37-14-12-33/h5-10,15,19H,11-14,16-18H2,1-4H3,(H,30,31,32). The SMILES string of the molecule is COc1ccccc1Oc1c(NS(=O)(=O)c2ccc(C(C)C)cn2)nc(N2CCOCC2)nc1OCC1(C)COC1. The minimum absolute atomic E-state index is 0.00210. The smallest absolute Gasteiger partial charge is 0.280 e. The van der Waals surface area contributed by atoms with Gasteiger partial charge in [0.2, 0.25) is 11.7 Å². The van der Waals surface area contributed by atoms with Crippen molar-refractivity contribution < 1.29 is 32.1 Å². The number of rotatable bonds is 11. The highest BCUT2D eigenvalue weighted by atomic mass is 32.2. The van der Waals surface area contributed by atoms with E-state index >= 15 is 0 Å². The average molecular weight is 586 g/mol. The van der Waals surface area contributed by atoms with E-state index in [9.17, 15) is 8.42 Å². The molecule has 5 rings (SSSR count). The molecule has 0 spiro atoms. The number of morpholine rings is 1. The molecular weight excluding hydrogens is 550 g/mol. The van der Waals surface area contributed by atoms with E-state index in [-0.39, 0.29) is 46.4 Å². The van der Waals surface area contributed by atoms with Gasteiger partial charge in [-0.3, -0.25) is 4.72 Å². The lowest BCUT2D eigenvalue weighted by Gasteiger charge is -2.37. The van der Waals surface area contributed by atoms with Gasteiger partial charge < -0.3 is 28.6 Å². The van der Waals surface area contributed by atoms with E-state index in [1.807, 2.05) is 25.7 Å². The van der Waals surface area contributed by atoms with Crippen LogP contribution in [0.4, 0.5) is 11.8 Å². The molecule has 1 aromatic carbocycles. The van der Waals surface area contributed by atoms with Gasteiger partial charge in [0, 0.05) is 24.7 Å². The van der Waals surface area contributed by atoms with Crippen LogP contribution in [0, 0.1) is 5.41 Å². The van der Waals surface area contributed by atoms with Crippen molar-refractivity contribution >= 4 is 21.8 Å². The molecule has 2 aliphatic rings. The van der Waals surface area contributed by atoms with E-state index < -0.39 is 10.0 Å². The van der Waals surface area contributed by atoms with E-state index in [1.54, 1.807) is 36.5 Å². The van der Waals surface area contributed by atoms with Gasteiger partial charge in [0.1, 0.15) is 0 Å². The zero-order chi connectivity index (χ0) is 29.0. The van der Waals surface area contributed by atoms with E-state index in [1.165, 1.54) is 13.2 Å². The molecule has 0 amide bonds. The number of aromatic nitrogens is 3.